The van der Waals surface area contributed by atoms with E-state index in [0.29, 0.717) is 0 Å². The average Bonchev–Trinajstić information content (AvgIpc) is 2.93. The van der Waals surface area contributed by atoms with Crippen molar-refractivity contribution in [1.82, 2.24) is 14.9 Å². The highest BCUT2D eigenvalue weighted by Crippen LogP contribution is 2.26. The number of aromatic nitrogens is 2. The van der Waals surface area contributed by atoms with Crippen LogP contribution >= 0.6 is 0 Å². The minimum absolute atomic E-state index is 0.808. The van der Waals surface area contributed by atoms with Gasteiger partial charge in [-0.2, -0.15) is 0 Å². The van der Waals surface area contributed by atoms with Gasteiger partial charge < -0.3 is 14.6 Å². The molecule has 0 fully saturated rings. The Morgan fingerprint density at radius 2 is 2.15 bits per heavy atom. The van der Waals surface area contributed by atoms with Crippen molar-refractivity contribution in [2.75, 3.05) is 13.7 Å². The van der Waals surface area contributed by atoms with E-state index in [1.165, 1.54) is 0 Å². The van der Waals surface area contributed by atoms with Crippen LogP contribution in [0.3, 0.4) is 0 Å². The molecule has 0 radical (unpaired) electrons. The van der Waals surface area contributed by atoms with Crippen molar-refractivity contribution < 1.29 is 4.74 Å². The Kier molecular flexibility index (Phi) is 5.18. The second kappa shape index (κ2) is 7.10. The van der Waals surface area contributed by atoms with Crippen molar-refractivity contribution in [3.63, 3.8) is 0 Å². The van der Waals surface area contributed by atoms with Crippen LogP contribution in [0.5, 0.6) is 5.75 Å². The lowest BCUT2D eigenvalue weighted by atomic mass is 10.1. The summed E-state index contributed by atoms with van der Waals surface area (Å²) in [6, 6.07) is 6.26. The molecule has 2 rings (SSSR count). The van der Waals surface area contributed by atoms with E-state index in [1.54, 1.807) is 7.11 Å². The molecule has 4 nitrogen and oxygen atoms in total. The number of hydrogen-bond donors (Lipinski definition) is 1. The van der Waals surface area contributed by atoms with Crippen molar-refractivity contribution in [3.05, 3.63) is 36.2 Å². The molecule has 4 heteroatoms. The van der Waals surface area contributed by atoms with Crippen molar-refractivity contribution in [3.8, 4) is 17.1 Å². The van der Waals surface area contributed by atoms with Crippen LogP contribution in [-0.2, 0) is 13.1 Å². The molecule has 0 aliphatic heterocycles. The van der Waals surface area contributed by atoms with E-state index in [9.17, 15) is 0 Å². The molecular formula is C16H23N3O. The van der Waals surface area contributed by atoms with Crippen molar-refractivity contribution >= 4 is 0 Å². The monoisotopic (exact) mass is 273 g/mol. The predicted octanol–water partition coefficient (Wildman–Crippen LogP) is 3.08. The van der Waals surface area contributed by atoms with E-state index in [-0.39, 0.29) is 0 Å². The van der Waals surface area contributed by atoms with E-state index in [1.807, 2.05) is 18.5 Å². The number of hydrogen-bond acceptors (Lipinski definition) is 3. The van der Waals surface area contributed by atoms with E-state index < -0.39 is 0 Å². The van der Waals surface area contributed by atoms with E-state index in [2.05, 4.69) is 40.8 Å². The number of rotatable bonds is 7. The first-order valence-electron chi connectivity index (χ1n) is 7.19. The summed E-state index contributed by atoms with van der Waals surface area (Å²) in [7, 11) is 1.71. The van der Waals surface area contributed by atoms with Gasteiger partial charge in [0.1, 0.15) is 11.6 Å². The number of nitrogens with zero attached hydrogens (tertiary/aromatic N) is 2. The molecular weight excluding hydrogens is 250 g/mol. The maximum Gasteiger partial charge on any atom is 0.139 e. The SMILES string of the molecule is CCCn1ccnc1-c1ccc(OC)c(CNCC)c1. The first-order chi connectivity index (χ1) is 9.80. The standard InChI is InChI=1S/C16H23N3O/c1-4-9-19-10-8-18-16(19)13-6-7-15(20-3)14(11-13)12-17-5-2/h6-8,10-11,17H,4-5,9,12H2,1-3H3. The lowest BCUT2D eigenvalue weighted by Crippen LogP contribution is -2.12. The zero-order valence-electron chi connectivity index (χ0n) is 12.5. The third kappa shape index (κ3) is 3.20. The van der Waals surface area contributed by atoms with Gasteiger partial charge in [0.05, 0.1) is 7.11 Å². The molecule has 108 valence electrons. The molecule has 1 N–H and O–H groups in total. The van der Waals surface area contributed by atoms with E-state index in [0.717, 1.165) is 48.8 Å². The molecule has 0 amide bonds. The average molecular weight is 273 g/mol. The van der Waals surface area contributed by atoms with Crippen LogP contribution < -0.4 is 10.1 Å². The summed E-state index contributed by atoms with van der Waals surface area (Å²) < 4.78 is 7.62. The molecule has 2 aromatic rings. The highest BCUT2D eigenvalue weighted by Gasteiger charge is 2.09. The van der Waals surface area contributed by atoms with Crippen molar-refractivity contribution in [1.29, 1.82) is 0 Å². The third-order valence-corrected chi connectivity index (χ3v) is 3.28. The summed E-state index contributed by atoms with van der Waals surface area (Å²) in [6.07, 6.45) is 5.00. The van der Waals surface area contributed by atoms with Crippen molar-refractivity contribution in [2.24, 2.45) is 0 Å². The highest BCUT2D eigenvalue weighted by molar-refractivity contribution is 5.59. The van der Waals surface area contributed by atoms with Crippen LogP contribution in [0.25, 0.3) is 11.4 Å². The van der Waals surface area contributed by atoms with Crippen LogP contribution in [0.15, 0.2) is 30.6 Å². The first kappa shape index (κ1) is 14.6. The van der Waals surface area contributed by atoms with Crippen LogP contribution in [0.4, 0.5) is 0 Å². The molecule has 0 atom stereocenters. The highest BCUT2D eigenvalue weighted by atomic mass is 16.5. The fourth-order valence-electron chi connectivity index (χ4n) is 2.31. The Morgan fingerprint density at radius 1 is 1.30 bits per heavy atom. The normalized spacial score (nSPS) is 10.8. The molecule has 0 aliphatic rings. The topological polar surface area (TPSA) is 39.1 Å². The van der Waals surface area contributed by atoms with Gasteiger partial charge in [-0.05, 0) is 31.2 Å². The Labute approximate surface area is 120 Å². The quantitative estimate of drug-likeness (QED) is 0.842. The minimum atomic E-state index is 0.808. The number of aryl methyl sites for hydroxylation is 1. The van der Waals surface area contributed by atoms with Gasteiger partial charge >= 0.3 is 0 Å². The van der Waals surface area contributed by atoms with E-state index in [4.69, 9.17) is 4.74 Å². The Morgan fingerprint density at radius 3 is 2.85 bits per heavy atom. The molecule has 0 saturated heterocycles. The second-order valence-corrected chi connectivity index (χ2v) is 4.75. The van der Waals surface area contributed by atoms with Gasteiger partial charge in [0.2, 0.25) is 0 Å². The van der Waals surface area contributed by atoms with Crippen molar-refractivity contribution in [2.45, 2.75) is 33.4 Å². The zero-order valence-corrected chi connectivity index (χ0v) is 12.5. The minimum Gasteiger partial charge on any atom is -0.496 e. The number of ether oxygens (including phenoxy) is 1. The Balaban J connectivity index is 2.34. The summed E-state index contributed by atoms with van der Waals surface area (Å²) in [5, 5.41) is 3.34. The van der Waals surface area contributed by atoms with Gasteiger partial charge in [-0.15, -0.1) is 0 Å². The van der Waals surface area contributed by atoms with Crippen LogP contribution in [-0.4, -0.2) is 23.2 Å². The molecule has 0 aliphatic carbocycles. The van der Waals surface area contributed by atoms with Crippen LogP contribution in [0.2, 0.25) is 0 Å². The Hall–Kier alpha value is -1.81. The maximum atomic E-state index is 5.43. The summed E-state index contributed by atoms with van der Waals surface area (Å²) in [6.45, 7) is 7.02. The summed E-state index contributed by atoms with van der Waals surface area (Å²) >= 11 is 0. The summed E-state index contributed by atoms with van der Waals surface area (Å²) in [4.78, 5) is 4.48. The number of benzene rings is 1. The summed E-state index contributed by atoms with van der Waals surface area (Å²) in [5.74, 6) is 1.94. The number of methoxy groups -OCH3 is 1. The Bertz CT molecular complexity index is 548. The molecule has 1 aromatic heterocycles. The lowest BCUT2D eigenvalue weighted by Gasteiger charge is -2.12. The number of nitrogens with one attached hydrogen (secondary N) is 1. The smallest absolute Gasteiger partial charge is 0.139 e. The molecule has 0 bridgehead atoms. The van der Waals surface area contributed by atoms with E-state index >= 15 is 0 Å². The maximum absolute atomic E-state index is 5.43. The summed E-state index contributed by atoms with van der Waals surface area (Å²) in [5.41, 5.74) is 2.30. The van der Waals surface area contributed by atoms with Crippen LogP contribution in [0.1, 0.15) is 25.8 Å². The van der Waals surface area contributed by atoms with Gasteiger partial charge in [-0.25, -0.2) is 4.98 Å². The molecule has 0 unspecified atom stereocenters. The largest absolute Gasteiger partial charge is 0.496 e. The van der Waals surface area contributed by atoms with Gasteiger partial charge in [0.15, 0.2) is 0 Å². The zero-order chi connectivity index (χ0) is 14.4. The molecule has 1 aromatic carbocycles. The molecule has 0 saturated carbocycles. The van der Waals surface area contributed by atoms with Gasteiger partial charge in [0, 0.05) is 36.6 Å². The van der Waals surface area contributed by atoms with Gasteiger partial charge in [-0.3, -0.25) is 0 Å². The third-order valence-electron chi connectivity index (χ3n) is 3.28. The molecule has 1 heterocycles. The number of imidazole rings is 1. The lowest BCUT2D eigenvalue weighted by molar-refractivity contribution is 0.408. The fourth-order valence-corrected chi connectivity index (χ4v) is 2.31. The predicted molar refractivity (Wildman–Crippen MR) is 81.9 cm³/mol. The fraction of sp³-hybridized carbons (Fsp3) is 0.438. The van der Waals surface area contributed by atoms with Gasteiger partial charge in [0.25, 0.3) is 0 Å². The van der Waals surface area contributed by atoms with Gasteiger partial charge in [-0.1, -0.05) is 13.8 Å². The molecule has 20 heavy (non-hydrogen) atoms. The van der Waals surface area contributed by atoms with Crippen LogP contribution in [0, 0.1) is 0 Å². The first-order valence-corrected chi connectivity index (χ1v) is 7.19. The molecule has 0 spiro atoms. The second-order valence-electron chi connectivity index (χ2n) is 4.75.